The molecule has 3 N–H and O–H groups in total. The Morgan fingerprint density at radius 1 is 1.21 bits per heavy atom. The lowest BCUT2D eigenvalue weighted by Crippen LogP contribution is -2.44. The molecule has 0 rings (SSSR count). The molecule has 0 radical (unpaired) electrons. The van der Waals surface area contributed by atoms with Gasteiger partial charge in [-0.1, -0.05) is 13.8 Å². The molecule has 0 amide bonds. The Balaban J connectivity index is 3.86. The molecule has 0 aliphatic carbocycles. The first-order valence-corrected chi connectivity index (χ1v) is 8.42. The molecule has 0 aliphatic rings. The lowest BCUT2D eigenvalue weighted by Gasteiger charge is -2.20. The molecule has 7 heteroatoms. The molecule has 6 nitrogen and oxygen atoms in total. The molecule has 0 spiro atoms. The molecule has 0 aromatic rings. The van der Waals surface area contributed by atoms with Crippen molar-refractivity contribution in [2.75, 3.05) is 25.9 Å². The van der Waals surface area contributed by atoms with Crippen molar-refractivity contribution < 1.29 is 8.42 Å². The van der Waals surface area contributed by atoms with E-state index in [-0.39, 0.29) is 5.75 Å². The molecule has 1 unspecified atom stereocenters. The van der Waals surface area contributed by atoms with Gasteiger partial charge in [-0.25, -0.2) is 13.1 Å². The summed E-state index contributed by atoms with van der Waals surface area (Å²) >= 11 is 0. The summed E-state index contributed by atoms with van der Waals surface area (Å²) in [4.78, 5) is 4.13. The first-order chi connectivity index (χ1) is 8.82. The van der Waals surface area contributed by atoms with Crippen molar-refractivity contribution in [3.63, 3.8) is 0 Å². The molecule has 0 aromatic carbocycles. The van der Waals surface area contributed by atoms with Crippen LogP contribution in [0, 0.1) is 5.92 Å². The Morgan fingerprint density at radius 3 is 2.32 bits per heavy atom. The fourth-order valence-electron chi connectivity index (χ4n) is 1.20. The van der Waals surface area contributed by atoms with E-state index in [0.29, 0.717) is 25.0 Å². The van der Waals surface area contributed by atoms with E-state index in [2.05, 4.69) is 41.1 Å². The Hall–Kier alpha value is -0.820. The predicted molar refractivity (Wildman–Crippen MR) is 80.9 cm³/mol. The fraction of sp³-hybridized carbons (Fsp3) is 0.917. The van der Waals surface area contributed by atoms with Gasteiger partial charge in [-0.3, -0.25) is 4.99 Å². The highest BCUT2D eigenvalue weighted by molar-refractivity contribution is 7.89. The first-order valence-electron chi connectivity index (χ1n) is 6.77. The van der Waals surface area contributed by atoms with Gasteiger partial charge in [0.1, 0.15) is 0 Å². The zero-order chi connectivity index (χ0) is 14.9. The van der Waals surface area contributed by atoms with Crippen LogP contribution in [0.5, 0.6) is 0 Å². The van der Waals surface area contributed by atoms with Crippen LogP contribution in [-0.4, -0.2) is 46.3 Å². The van der Waals surface area contributed by atoms with E-state index in [9.17, 15) is 8.42 Å². The Labute approximate surface area is 117 Å². The van der Waals surface area contributed by atoms with Crippen LogP contribution in [0.2, 0.25) is 0 Å². The molecule has 0 bridgehead atoms. The van der Waals surface area contributed by atoms with Gasteiger partial charge in [0.25, 0.3) is 0 Å². The highest BCUT2D eigenvalue weighted by Gasteiger charge is 2.08. The summed E-state index contributed by atoms with van der Waals surface area (Å²) in [5.74, 6) is 1.39. The maximum absolute atomic E-state index is 11.2. The molecule has 1 atom stereocenters. The highest BCUT2D eigenvalue weighted by atomic mass is 32.2. The van der Waals surface area contributed by atoms with Crippen molar-refractivity contribution in [3.05, 3.63) is 0 Å². The Bertz CT molecular complexity index is 366. The van der Waals surface area contributed by atoms with E-state index in [0.717, 1.165) is 12.4 Å². The van der Waals surface area contributed by atoms with Gasteiger partial charge in [-0.15, -0.1) is 0 Å². The third kappa shape index (κ3) is 8.83. The number of nitrogens with one attached hydrogen (secondary N) is 3. The summed E-state index contributed by atoms with van der Waals surface area (Å²) in [7, 11) is -1.36. The van der Waals surface area contributed by atoms with Gasteiger partial charge in [0, 0.05) is 26.2 Å². The number of hydrogen-bond donors (Lipinski definition) is 3. The van der Waals surface area contributed by atoms with Gasteiger partial charge in [-0.05, 0) is 26.2 Å². The van der Waals surface area contributed by atoms with Gasteiger partial charge in [-0.2, -0.15) is 0 Å². The third-order valence-electron chi connectivity index (χ3n) is 2.94. The van der Waals surface area contributed by atoms with Gasteiger partial charge in [0.05, 0.1) is 5.75 Å². The van der Waals surface area contributed by atoms with E-state index >= 15 is 0 Å². The van der Waals surface area contributed by atoms with Gasteiger partial charge in [0.15, 0.2) is 5.96 Å². The summed E-state index contributed by atoms with van der Waals surface area (Å²) < 4.78 is 24.9. The molecule has 114 valence electrons. The maximum Gasteiger partial charge on any atom is 0.211 e. The van der Waals surface area contributed by atoms with Crippen molar-refractivity contribution in [3.8, 4) is 0 Å². The highest BCUT2D eigenvalue weighted by Crippen LogP contribution is 1.98. The fourth-order valence-corrected chi connectivity index (χ4v) is 1.86. The van der Waals surface area contributed by atoms with Crippen molar-refractivity contribution in [2.45, 2.75) is 40.2 Å². The first kappa shape index (κ1) is 18.2. The molecular formula is C12H28N4O2S. The number of nitrogens with zero attached hydrogens (tertiary/aromatic N) is 1. The Kier molecular flexibility index (Phi) is 8.75. The predicted octanol–water partition coefficient (Wildman–Crippen LogP) is 0.525. The maximum atomic E-state index is 11.2. The van der Waals surface area contributed by atoms with Gasteiger partial charge in [0.2, 0.25) is 10.0 Å². The zero-order valence-corrected chi connectivity index (χ0v) is 13.5. The molecule has 0 saturated heterocycles. The van der Waals surface area contributed by atoms with Gasteiger partial charge < -0.3 is 10.6 Å². The molecule has 19 heavy (non-hydrogen) atoms. The molecule has 0 saturated carbocycles. The van der Waals surface area contributed by atoms with Gasteiger partial charge >= 0.3 is 0 Å². The second-order valence-electron chi connectivity index (χ2n) is 4.83. The summed E-state index contributed by atoms with van der Waals surface area (Å²) in [6.45, 7) is 9.14. The summed E-state index contributed by atoms with van der Waals surface area (Å²) in [6, 6.07) is 0.338. The van der Waals surface area contributed by atoms with Crippen LogP contribution in [0.1, 0.15) is 34.1 Å². The zero-order valence-electron chi connectivity index (χ0n) is 12.7. The standard InChI is InChI=1S/C12H28N4O2S/c1-6-19(17,18)15-9-7-8-14-12(13-5)16-11(4)10(2)3/h10-11,15H,6-9H2,1-5H3,(H2,13,14,16). The van der Waals surface area contributed by atoms with E-state index in [4.69, 9.17) is 0 Å². The van der Waals surface area contributed by atoms with Crippen LogP contribution in [0.4, 0.5) is 0 Å². The molecular weight excluding hydrogens is 264 g/mol. The summed E-state index contributed by atoms with van der Waals surface area (Å²) in [5, 5.41) is 6.45. The SMILES string of the molecule is CCS(=O)(=O)NCCCNC(=NC)NC(C)C(C)C. The van der Waals surface area contributed by atoms with Crippen LogP contribution < -0.4 is 15.4 Å². The summed E-state index contributed by atoms with van der Waals surface area (Å²) in [5.41, 5.74) is 0. The quantitative estimate of drug-likeness (QED) is 0.346. The van der Waals surface area contributed by atoms with E-state index in [1.165, 1.54) is 0 Å². The van der Waals surface area contributed by atoms with Crippen molar-refractivity contribution in [2.24, 2.45) is 10.9 Å². The van der Waals surface area contributed by atoms with Crippen LogP contribution in [-0.2, 0) is 10.0 Å². The third-order valence-corrected chi connectivity index (χ3v) is 4.34. The van der Waals surface area contributed by atoms with Crippen molar-refractivity contribution in [1.29, 1.82) is 0 Å². The Morgan fingerprint density at radius 2 is 1.84 bits per heavy atom. The lowest BCUT2D eigenvalue weighted by atomic mass is 10.1. The smallest absolute Gasteiger partial charge is 0.211 e. The average Bonchev–Trinajstić information content (AvgIpc) is 2.36. The van der Waals surface area contributed by atoms with Crippen LogP contribution in [0.3, 0.4) is 0 Å². The molecule has 0 aliphatic heterocycles. The number of guanidine groups is 1. The van der Waals surface area contributed by atoms with E-state index < -0.39 is 10.0 Å². The number of aliphatic imine (C=N–C) groups is 1. The summed E-state index contributed by atoms with van der Waals surface area (Å²) in [6.07, 6.45) is 0.718. The van der Waals surface area contributed by atoms with E-state index in [1.807, 2.05) is 0 Å². The van der Waals surface area contributed by atoms with Crippen molar-refractivity contribution >= 4 is 16.0 Å². The largest absolute Gasteiger partial charge is 0.356 e. The lowest BCUT2D eigenvalue weighted by molar-refractivity contribution is 0.480. The minimum atomic E-state index is -3.08. The normalized spacial score (nSPS) is 14.5. The average molecular weight is 292 g/mol. The topological polar surface area (TPSA) is 82.6 Å². The molecule has 0 fully saturated rings. The van der Waals surface area contributed by atoms with Crippen molar-refractivity contribution in [1.82, 2.24) is 15.4 Å². The van der Waals surface area contributed by atoms with Crippen LogP contribution in [0.15, 0.2) is 4.99 Å². The monoisotopic (exact) mass is 292 g/mol. The van der Waals surface area contributed by atoms with Crippen LogP contribution >= 0.6 is 0 Å². The molecule has 0 heterocycles. The minimum absolute atomic E-state index is 0.121. The van der Waals surface area contributed by atoms with Crippen LogP contribution in [0.25, 0.3) is 0 Å². The molecule has 0 aromatic heterocycles. The number of sulfonamides is 1. The number of hydrogen-bond acceptors (Lipinski definition) is 3. The minimum Gasteiger partial charge on any atom is -0.356 e. The van der Waals surface area contributed by atoms with E-state index in [1.54, 1.807) is 14.0 Å². The second-order valence-corrected chi connectivity index (χ2v) is 6.92. The number of rotatable bonds is 8. The second kappa shape index (κ2) is 9.14.